The first-order chi connectivity index (χ1) is 9.97. The summed E-state index contributed by atoms with van der Waals surface area (Å²) in [6, 6.07) is 6.34. The maximum absolute atomic E-state index is 6.35. The summed E-state index contributed by atoms with van der Waals surface area (Å²) < 4.78 is 7.21. The highest BCUT2D eigenvalue weighted by Crippen LogP contribution is 2.31. The molecule has 1 atom stereocenters. The number of hydrogen-bond acceptors (Lipinski definition) is 3. The van der Waals surface area contributed by atoms with Crippen molar-refractivity contribution in [3.8, 4) is 5.75 Å². The topological polar surface area (TPSA) is 39.1 Å². The highest BCUT2D eigenvalue weighted by Gasteiger charge is 2.20. The number of ether oxygens (including phenoxy) is 1. The van der Waals surface area contributed by atoms with Crippen molar-refractivity contribution in [1.82, 2.24) is 15.1 Å². The van der Waals surface area contributed by atoms with Crippen LogP contribution in [0.4, 0.5) is 0 Å². The van der Waals surface area contributed by atoms with E-state index in [1.165, 1.54) is 5.56 Å². The van der Waals surface area contributed by atoms with Gasteiger partial charge in [-0.25, -0.2) is 0 Å². The summed E-state index contributed by atoms with van der Waals surface area (Å²) in [5, 5.41) is 8.43. The fraction of sp³-hybridized carbons (Fsp3) is 0.438. The minimum atomic E-state index is 0.125. The van der Waals surface area contributed by atoms with Crippen molar-refractivity contribution in [2.45, 2.75) is 26.3 Å². The van der Waals surface area contributed by atoms with Crippen LogP contribution in [0.25, 0.3) is 0 Å². The number of hydrogen-bond donors (Lipinski definition) is 1. The molecule has 0 spiro atoms. The van der Waals surface area contributed by atoms with E-state index in [0.717, 1.165) is 29.0 Å². The van der Waals surface area contributed by atoms with Crippen molar-refractivity contribution < 1.29 is 4.74 Å². The molecule has 4 nitrogen and oxygen atoms in total. The van der Waals surface area contributed by atoms with E-state index in [1.807, 2.05) is 27.1 Å². The minimum absolute atomic E-state index is 0.125. The maximum Gasteiger partial charge on any atom is 0.130 e. The van der Waals surface area contributed by atoms with Gasteiger partial charge in [-0.3, -0.25) is 4.68 Å². The molecule has 5 heteroatoms. The first-order valence-corrected chi connectivity index (χ1v) is 7.35. The van der Waals surface area contributed by atoms with Gasteiger partial charge in [-0.1, -0.05) is 29.3 Å². The maximum atomic E-state index is 6.35. The molecule has 21 heavy (non-hydrogen) atoms. The predicted molar refractivity (Wildman–Crippen MR) is 86.2 cm³/mol. The Morgan fingerprint density at radius 2 is 2.10 bits per heavy atom. The van der Waals surface area contributed by atoms with Gasteiger partial charge >= 0.3 is 0 Å². The van der Waals surface area contributed by atoms with Crippen molar-refractivity contribution in [3.05, 3.63) is 45.7 Å². The summed E-state index contributed by atoms with van der Waals surface area (Å²) in [4.78, 5) is 0. The van der Waals surface area contributed by atoms with Crippen molar-refractivity contribution in [2.24, 2.45) is 7.05 Å². The number of nitrogens with one attached hydrogen (secondary N) is 1. The Hall–Kier alpha value is -1.52. The number of methoxy groups -OCH3 is 1. The Morgan fingerprint density at radius 3 is 2.62 bits per heavy atom. The lowest BCUT2D eigenvalue weighted by Crippen LogP contribution is -2.20. The number of nitrogens with zero attached hydrogens (tertiary/aromatic N) is 2. The Morgan fingerprint density at radius 1 is 1.38 bits per heavy atom. The molecule has 0 aliphatic carbocycles. The van der Waals surface area contributed by atoms with Gasteiger partial charge in [0.2, 0.25) is 0 Å². The second kappa shape index (κ2) is 6.50. The quantitative estimate of drug-likeness (QED) is 0.922. The van der Waals surface area contributed by atoms with E-state index in [0.29, 0.717) is 5.15 Å². The molecule has 0 aliphatic heterocycles. The van der Waals surface area contributed by atoms with Gasteiger partial charge in [0.15, 0.2) is 0 Å². The molecule has 2 rings (SSSR count). The van der Waals surface area contributed by atoms with Crippen LogP contribution in [-0.2, 0) is 13.5 Å². The molecule has 1 heterocycles. The highest BCUT2D eigenvalue weighted by molar-refractivity contribution is 6.30. The van der Waals surface area contributed by atoms with E-state index in [-0.39, 0.29) is 6.04 Å². The Balaban J connectivity index is 2.38. The van der Waals surface area contributed by atoms with Gasteiger partial charge < -0.3 is 10.1 Å². The molecule has 2 aromatic rings. The van der Waals surface area contributed by atoms with Gasteiger partial charge in [0.05, 0.1) is 12.8 Å². The van der Waals surface area contributed by atoms with Crippen molar-refractivity contribution in [3.63, 3.8) is 0 Å². The van der Waals surface area contributed by atoms with E-state index < -0.39 is 0 Å². The van der Waals surface area contributed by atoms with E-state index in [2.05, 4.69) is 29.5 Å². The number of halogens is 1. The standard InChI is InChI=1S/C16H22ClN3O/c1-10-6-7-15(21-5)13(8-10)14(18-3)9-12-11(2)19-20(4)16(12)17/h6-8,14,18H,9H2,1-5H3. The molecule has 114 valence electrons. The molecular weight excluding hydrogens is 286 g/mol. The van der Waals surface area contributed by atoms with Crippen LogP contribution in [-0.4, -0.2) is 23.9 Å². The molecule has 1 unspecified atom stereocenters. The van der Waals surface area contributed by atoms with Crippen molar-refractivity contribution in [1.29, 1.82) is 0 Å². The zero-order valence-electron chi connectivity index (χ0n) is 13.2. The van der Waals surface area contributed by atoms with E-state index in [4.69, 9.17) is 16.3 Å². The number of rotatable bonds is 5. The molecule has 0 bridgehead atoms. The van der Waals surface area contributed by atoms with E-state index >= 15 is 0 Å². The van der Waals surface area contributed by atoms with Crippen molar-refractivity contribution in [2.75, 3.05) is 14.2 Å². The van der Waals surface area contributed by atoms with Crippen LogP contribution in [0.5, 0.6) is 5.75 Å². The second-order valence-corrected chi connectivity index (χ2v) is 5.63. The number of aromatic nitrogens is 2. The molecule has 1 N–H and O–H groups in total. The molecule has 0 saturated heterocycles. The largest absolute Gasteiger partial charge is 0.496 e. The van der Waals surface area contributed by atoms with Crippen LogP contribution in [0.1, 0.15) is 28.4 Å². The molecular formula is C16H22ClN3O. The Kier molecular flexibility index (Phi) is 4.91. The summed E-state index contributed by atoms with van der Waals surface area (Å²) in [6.07, 6.45) is 0.773. The van der Waals surface area contributed by atoms with Crippen LogP contribution in [0.2, 0.25) is 5.15 Å². The zero-order valence-corrected chi connectivity index (χ0v) is 14.0. The zero-order chi connectivity index (χ0) is 15.6. The first kappa shape index (κ1) is 15.9. The smallest absolute Gasteiger partial charge is 0.130 e. The summed E-state index contributed by atoms with van der Waals surface area (Å²) in [6.45, 7) is 4.07. The average Bonchev–Trinajstić information content (AvgIpc) is 2.70. The van der Waals surface area contributed by atoms with Gasteiger partial charge in [-0.2, -0.15) is 5.10 Å². The monoisotopic (exact) mass is 307 g/mol. The van der Waals surface area contributed by atoms with Crippen LogP contribution >= 0.6 is 11.6 Å². The lowest BCUT2D eigenvalue weighted by Gasteiger charge is -2.20. The second-order valence-electron chi connectivity index (χ2n) is 5.27. The molecule has 0 fully saturated rings. The van der Waals surface area contributed by atoms with Gasteiger partial charge in [0.25, 0.3) is 0 Å². The third-order valence-electron chi connectivity index (χ3n) is 3.79. The first-order valence-electron chi connectivity index (χ1n) is 6.97. The normalized spacial score (nSPS) is 12.5. The van der Waals surface area contributed by atoms with Gasteiger partial charge in [0.1, 0.15) is 10.9 Å². The van der Waals surface area contributed by atoms with Gasteiger partial charge in [-0.15, -0.1) is 0 Å². The lowest BCUT2D eigenvalue weighted by atomic mass is 9.97. The molecule has 0 saturated carbocycles. The number of benzene rings is 1. The molecule has 1 aromatic carbocycles. The fourth-order valence-electron chi connectivity index (χ4n) is 2.60. The fourth-order valence-corrected chi connectivity index (χ4v) is 2.86. The predicted octanol–water partition coefficient (Wildman–Crippen LogP) is 3.20. The number of aryl methyl sites for hydroxylation is 3. The van der Waals surface area contributed by atoms with Crippen LogP contribution < -0.4 is 10.1 Å². The molecule has 0 amide bonds. The van der Waals surface area contributed by atoms with Crippen LogP contribution in [0.15, 0.2) is 18.2 Å². The Labute approximate surface area is 131 Å². The molecule has 1 aromatic heterocycles. The average molecular weight is 308 g/mol. The van der Waals surface area contributed by atoms with Crippen molar-refractivity contribution >= 4 is 11.6 Å². The summed E-state index contributed by atoms with van der Waals surface area (Å²) in [7, 11) is 5.51. The SMILES string of the molecule is CNC(Cc1c(C)nn(C)c1Cl)c1cc(C)ccc1OC. The number of likely N-dealkylation sites (N-methyl/N-ethyl adjacent to an activating group) is 1. The van der Waals surface area contributed by atoms with E-state index in [1.54, 1.807) is 11.8 Å². The van der Waals surface area contributed by atoms with E-state index in [9.17, 15) is 0 Å². The Bertz CT molecular complexity index is 637. The van der Waals surface area contributed by atoms with Gasteiger partial charge in [-0.05, 0) is 33.4 Å². The van der Waals surface area contributed by atoms with Gasteiger partial charge in [0, 0.05) is 24.2 Å². The molecule has 0 aliphatic rings. The summed E-state index contributed by atoms with van der Waals surface area (Å²) in [5.41, 5.74) is 4.39. The minimum Gasteiger partial charge on any atom is -0.496 e. The third kappa shape index (κ3) is 3.22. The molecule has 0 radical (unpaired) electrons. The van der Waals surface area contributed by atoms with Crippen LogP contribution in [0.3, 0.4) is 0 Å². The highest BCUT2D eigenvalue weighted by atomic mass is 35.5. The summed E-state index contributed by atoms with van der Waals surface area (Å²) in [5.74, 6) is 0.887. The van der Waals surface area contributed by atoms with Crippen LogP contribution in [0, 0.1) is 13.8 Å². The lowest BCUT2D eigenvalue weighted by molar-refractivity contribution is 0.401. The third-order valence-corrected chi connectivity index (χ3v) is 4.26. The summed E-state index contributed by atoms with van der Waals surface area (Å²) >= 11 is 6.35.